The Labute approximate surface area is 127 Å². The van der Waals surface area contributed by atoms with Crippen molar-refractivity contribution in [1.29, 1.82) is 0 Å². The number of nitrogens with one attached hydrogen (secondary N) is 1. The maximum Gasteiger partial charge on any atom is 0.271 e. The van der Waals surface area contributed by atoms with Gasteiger partial charge >= 0.3 is 0 Å². The molecule has 0 radical (unpaired) electrons. The zero-order valence-electron chi connectivity index (χ0n) is 11.8. The summed E-state index contributed by atoms with van der Waals surface area (Å²) in [6.45, 7) is 1.91. The molecular weight excluding hydrogens is 300 g/mol. The van der Waals surface area contributed by atoms with Crippen molar-refractivity contribution in [3.63, 3.8) is 0 Å². The molecule has 1 aromatic carbocycles. The average Bonchev–Trinajstić information content (AvgIpc) is 2.42. The molecule has 0 aliphatic rings. The van der Waals surface area contributed by atoms with Crippen molar-refractivity contribution >= 4 is 23.2 Å². The Morgan fingerprint density at radius 1 is 1.52 bits per heavy atom. The molecule has 8 heteroatoms. The number of non-ortho nitro benzene ring substituents is 1. The molecule has 1 unspecified atom stereocenters. The number of benzene rings is 1. The Kier molecular flexibility index (Phi) is 6.07. The van der Waals surface area contributed by atoms with E-state index in [4.69, 9.17) is 16.3 Å². The summed E-state index contributed by atoms with van der Waals surface area (Å²) in [6.07, 6.45) is 0.347. The molecule has 1 amide bonds. The number of carbonyl (C=O) groups is 1. The zero-order valence-corrected chi connectivity index (χ0v) is 12.5. The minimum Gasteiger partial charge on any atom is -0.388 e. The van der Waals surface area contributed by atoms with Crippen LogP contribution in [0.2, 0.25) is 5.02 Å². The monoisotopic (exact) mass is 316 g/mol. The molecule has 0 bridgehead atoms. The number of methoxy groups -OCH3 is 1. The van der Waals surface area contributed by atoms with Crippen LogP contribution in [0.15, 0.2) is 18.2 Å². The molecule has 0 fully saturated rings. The van der Waals surface area contributed by atoms with Gasteiger partial charge in [0, 0.05) is 49.4 Å². The lowest BCUT2D eigenvalue weighted by atomic mass is 10.0. The number of halogens is 1. The standard InChI is InChI=1S/C13H17ClN2O5/c1-13(18,3-4-21-2)8-15-12(17)9-5-10(14)7-11(6-9)16(19)20/h5-7,18H,3-4,8H2,1-2H3,(H,15,17). The first kappa shape index (κ1) is 17.4. The molecule has 1 rings (SSSR count). The SMILES string of the molecule is COCCC(C)(O)CNC(=O)c1cc(Cl)cc([N+](=O)[O-])c1. The summed E-state index contributed by atoms with van der Waals surface area (Å²) in [5, 5.41) is 23.3. The van der Waals surface area contributed by atoms with Crippen LogP contribution in [0.5, 0.6) is 0 Å². The highest BCUT2D eigenvalue weighted by Gasteiger charge is 2.22. The molecule has 0 spiro atoms. The topological polar surface area (TPSA) is 102 Å². The van der Waals surface area contributed by atoms with E-state index >= 15 is 0 Å². The van der Waals surface area contributed by atoms with E-state index in [1.807, 2.05) is 0 Å². The third-order valence-electron chi connectivity index (χ3n) is 2.83. The summed E-state index contributed by atoms with van der Waals surface area (Å²) in [6, 6.07) is 3.62. The molecule has 2 N–H and O–H groups in total. The molecular formula is C13H17ClN2O5. The Morgan fingerprint density at radius 3 is 2.76 bits per heavy atom. The number of nitro benzene ring substituents is 1. The minimum atomic E-state index is -1.13. The van der Waals surface area contributed by atoms with Gasteiger partial charge < -0.3 is 15.2 Å². The highest BCUT2D eigenvalue weighted by Crippen LogP contribution is 2.21. The lowest BCUT2D eigenvalue weighted by molar-refractivity contribution is -0.384. The second kappa shape index (κ2) is 7.35. The number of nitro groups is 1. The van der Waals surface area contributed by atoms with E-state index in [-0.39, 0.29) is 22.8 Å². The van der Waals surface area contributed by atoms with Gasteiger partial charge in [-0.15, -0.1) is 0 Å². The fourth-order valence-corrected chi connectivity index (χ4v) is 1.82. The maximum absolute atomic E-state index is 12.0. The molecule has 0 aliphatic heterocycles. The lowest BCUT2D eigenvalue weighted by Crippen LogP contribution is -2.41. The van der Waals surface area contributed by atoms with Gasteiger partial charge in [-0.2, -0.15) is 0 Å². The Balaban J connectivity index is 2.74. The van der Waals surface area contributed by atoms with E-state index in [2.05, 4.69) is 5.32 Å². The van der Waals surface area contributed by atoms with Crippen LogP contribution in [0.1, 0.15) is 23.7 Å². The molecule has 1 aromatic rings. The first-order chi connectivity index (χ1) is 9.75. The fraction of sp³-hybridized carbons (Fsp3) is 0.462. The van der Waals surface area contributed by atoms with E-state index in [0.29, 0.717) is 13.0 Å². The van der Waals surface area contributed by atoms with Gasteiger partial charge in [-0.25, -0.2) is 0 Å². The van der Waals surface area contributed by atoms with Crippen molar-refractivity contribution in [2.24, 2.45) is 0 Å². The largest absolute Gasteiger partial charge is 0.388 e. The third-order valence-corrected chi connectivity index (χ3v) is 3.05. The highest BCUT2D eigenvalue weighted by atomic mass is 35.5. The van der Waals surface area contributed by atoms with Gasteiger partial charge in [0.1, 0.15) is 0 Å². The second-order valence-electron chi connectivity index (χ2n) is 4.88. The number of hydrogen-bond donors (Lipinski definition) is 2. The predicted octanol–water partition coefficient (Wildman–Crippen LogP) is 1.77. The molecule has 0 aliphatic carbocycles. The molecule has 0 saturated carbocycles. The lowest BCUT2D eigenvalue weighted by Gasteiger charge is -2.23. The van der Waals surface area contributed by atoms with E-state index in [9.17, 15) is 20.0 Å². The van der Waals surface area contributed by atoms with Crippen LogP contribution in [-0.4, -0.2) is 41.8 Å². The molecule has 21 heavy (non-hydrogen) atoms. The van der Waals surface area contributed by atoms with Gasteiger partial charge in [0.25, 0.3) is 11.6 Å². The van der Waals surface area contributed by atoms with Gasteiger partial charge in [-0.1, -0.05) is 11.6 Å². The van der Waals surface area contributed by atoms with Crippen LogP contribution in [0.25, 0.3) is 0 Å². The first-order valence-corrected chi connectivity index (χ1v) is 6.57. The van der Waals surface area contributed by atoms with E-state index in [1.54, 1.807) is 6.92 Å². The van der Waals surface area contributed by atoms with Crippen molar-refractivity contribution in [2.45, 2.75) is 18.9 Å². The summed E-state index contributed by atoms with van der Waals surface area (Å²) in [5.74, 6) is -0.543. The zero-order chi connectivity index (χ0) is 16.0. The molecule has 7 nitrogen and oxygen atoms in total. The number of rotatable bonds is 7. The summed E-state index contributed by atoms with van der Waals surface area (Å²) < 4.78 is 4.86. The molecule has 1 atom stereocenters. The third kappa shape index (κ3) is 5.66. The summed E-state index contributed by atoms with van der Waals surface area (Å²) in [5.41, 5.74) is -1.33. The van der Waals surface area contributed by atoms with Gasteiger partial charge in [-0.3, -0.25) is 14.9 Å². The number of hydrogen-bond acceptors (Lipinski definition) is 5. The number of aliphatic hydroxyl groups is 1. The minimum absolute atomic E-state index is 0.00446. The Morgan fingerprint density at radius 2 is 2.19 bits per heavy atom. The molecule has 0 saturated heterocycles. The normalized spacial score (nSPS) is 13.5. The first-order valence-electron chi connectivity index (χ1n) is 6.20. The van der Waals surface area contributed by atoms with Crippen LogP contribution >= 0.6 is 11.6 Å². The van der Waals surface area contributed by atoms with Crippen LogP contribution in [0.4, 0.5) is 5.69 Å². The quantitative estimate of drug-likeness (QED) is 0.589. The number of ether oxygens (including phenoxy) is 1. The van der Waals surface area contributed by atoms with Crippen molar-refractivity contribution in [2.75, 3.05) is 20.3 Å². The summed E-state index contributed by atoms with van der Waals surface area (Å²) >= 11 is 5.75. The van der Waals surface area contributed by atoms with Crippen LogP contribution in [-0.2, 0) is 4.74 Å². The van der Waals surface area contributed by atoms with Crippen LogP contribution < -0.4 is 5.32 Å². The van der Waals surface area contributed by atoms with E-state index in [0.717, 1.165) is 12.1 Å². The van der Waals surface area contributed by atoms with Crippen LogP contribution in [0.3, 0.4) is 0 Å². The molecule has 116 valence electrons. The van der Waals surface area contributed by atoms with Crippen molar-refractivity contribution in [1.82, 2.24) is 5.32 Å². The van der Waals surface area contributed by atoms with Gasteiger partial charge in [-0.05, 0) is 13.0 Å². The van der Waals surface area contributed by atoms with Gasteiger partial charge in [0.15, 0.2) is 0 Å². The van der Waals surface area contributed by atoms with E-state index in [1.165, 1.54) is 13.2 Å². The maximum atomic E-state index is 12.0. The molecule has 0 heterocycles. The van der Waals surface area contributed by atoms with Crippen LogP contribution in [0, 0.1) is 10.1 Å². The predicted molar refractivity (Wildman–Crippen MR) is 77.6 cm³/mol. The smallest absolute Gasteiger partial charge is 0.271 e. The van der Waals surface area contributed by atoms with Gasteiger partial charge in [0.05, 0.1) is 10.5 Å². The van der Waals surface area contributed by atoms with Gasteiger partial charge in [0.2, 0.25) is 0 Å². The van der Waals surface area contributed by atoms with Crippen molar-refractivity contribution < 1.29 is 19.6 Å². The number of carbonyl (C=O) groups excluding carboxylic acids is 1. The fourth-order valence-electron chi connectivity index (χ4n) is 1.59. The van der Waals surface area contributed by atoms with E-state index < -0.39 is 16.4 Å². The highest BCUT2D eigenvalue weighted by molar-refractivity contribution is 6.31. The second-order valence-corrected chi connectivity index (χ2v) is 5.31. The molecule has 0 aromatic heterocycles. The average molecular weight is 317 g/mol. The van der Waals surface area contributed by atoms with Crippen molar-refractivity contribution in [3.05, 3.63) is 38.9 Å². The Hall–Kier alpha value is -1.70. The Bertz CT molecular complexity index is 533. The number of amides is 1. The van der Waals surface area contributed by atoms with Crippen molar-refractivity contribution in [3.8, 4) is 0 Å². The summed E-state index contributed by atoms with van der Waals surface area (Å²) in [4.78, 5) is 22.1. The number of nitrogens with zero attached hydrogens (tertiary/aromatic N) is 1. The summed E-state index contributed by atoms with van der Waals surface area (Å²) in [7, 11) is 1.51.